The third kappa shape index (κ3) is 4.17. The van der Waals surface area contributed by atoms with Gasteiger partial charge in [-0.1, -0.05) is 0 Å². The van der Waals surface area contributed by atoms with Gasteiger partial charge in [-0.3, -0.25) is 4.90 Å². The van der Waals surface area contributed by atoms with Crippen molar-refractivity contribution < 1.29 is 9.84 Å². The van der Waals surface area contributed by atoms with Gasteiger partial charge in [0.2, 0.25) is 0 Å². The lowest BCUT2D eigenvalue weighted by atomic mass is 10.2. The quantitative estimate of drug-likeness (QED) is 0.694. The first-order chi connectivity index (χ1) is 6.74. The fourth-order valence-electron chi connectivity index (χ4n) is 1.59. The van der Waals surface area contributed by atoms with Crippen LogP contribution in [0.2, 0.25) is 0 Å². The molecule has 1 saturated heterocycles. The van der Waals surface area contributed by atoms with Crippen LogP contribution in [0.25, 0.3) is 0 Å². The Labute approximate surface area is 90.8 Å². The Hall–Kier alpha value is 0.230. The highest BCUT2D eigenvalue weighted by atomic mass is 32.2. The van der Waals surface area contributed by atoms with Crippen LogP contribution in [0.5, 0.6) is 0 Å². The summed E-state index contributed by atoms with van der Waals surface area (Å²) >= 11 is 1.77. The fourth-order valence-corrected chi connectivity index (χ4v) is 2.35. The summed E-state index contributed by atoms with van der Waals surface area (Å²) in [6, 6.07) is 0.615. The predicted molar refractivity (Wildman–Crippen MR) is 60.9 cm³/mol. The van der Waals surface area contributed by atoms with Crippen molar-refractivity contribution in [2.75, 3.05) is 37.8 Å². The highest BCUT2D eigenvalue weighted by Gasteiger charge is 2.21. The SMILES string of the molecule is CC(C)N1CCOC(CSCCO)C1. The summed E-state index contributed by atoms with van der Waals surface area (Å²) in [7, 11) is 0. The molecule has 0 amide bonds. The summed E-state index contributed by atoms with van der Waals surface area (Å²) in [4.78, 5) is 2.45. The number of ether oxygens (including phenoxy) is 1. The molecule has 0 aliphatic carbocycles. The molecule has 1 heterocycles. The first kappa shape index (κ1) is 12.3. The lowest BCUT2D eigenvalue weighted by Gasteiger charge is -2.35. The average molecular weight is 219 g/mol. The van der Waals surface area contributed by atoms with Gasteiger partial charge in [-0.15, -0.1) is 0 Å². The zero-order valence-electron chi connectivity index (χ0n) is 9.11. The molecular formula is C10H21NO2S. The molecule has 1 unspecified atom stereocenters. The number of rotatable bonds is 5. The third-order valence-electron chi connectivity index (χ3n) is 2.44. The fraction of sp³-hybridized carbons (Fsp3) is 1.00. The van der Waals surface area contributed by atoms with Gasteiger partial charge in [0.25, 0.3) is 0 Å². The number of hydrogen-bond acceptors (Lipinski definition) is 4. The molecule has 0 aromatic rings. The van der Waals surface area contributed by atoms with E-state index in [0.717, 1.165) is 31.2 Å². The smallest absolute Gasteiger partial charge is 0.0792 e. The Balaban J connectivity index is 2.19. The van der Waals surface area contributed by atoms with E-state index >= 15 is 0 Å². The van der Waals surface area contributed by atoms with Crippen molar-refractivity contribution in [1.29, 1.82) is 0 Å². The Bertz CT molecular complexity index is 155. The Morgan fingerprint density at radius 3 is 3.00 bits per heavy atom. The van der Waals surface area contributed by atoms with Crippen LogP contribution in [0.1, 0.15) is 13.8 Å². The maximum Gasteiger partial charge on any atom is 0.0792 e. The molecule has 1 N–H and O–H groups in total. The summed E-state index contributed by atoms with van der Waals surface area (Å²) in [6.45, 7) is 7.66. The van der Waals surface area contributed by atoms with E-state index in [2.05, 4.69) is 18.7 Å². The van der Waals surface area contributed by atoms with E-state index in [1.54, 1.807) is 11.8 Å². The molecule has 3 nitrogen and oxygen atoms in total. The molecule has 4 heteroatoms. The van der Waals surface area contributed by atoms with E-state index in [1.165, 1.54) is 0 Å². The molecule has 1 aliphatic rings. The van der Waals surface area contributed by atoms with Gasteiger partial charge in [-0.25, -0.2) is 0 Å². The van der Waals surface area contributed by atoms with Crippen molar-refractivity contribution in [3.63, 3.8) is 0 Å². The van der Waals surface area contributed by atoms with Gasteiger partial charge >= 0.3 is 0 Å². The normalized spacial score (nSPS) is 24.4. The number of hydrogen-bond donors (Lipinski definition) is 1. The zero-order valence-corrected chi connectivity index (χ0v) is 9.92. The minimum absolute atomic E-state index is 0.269. The summed E-state index contributed by atoms with van der Waals surface area (Å²) in [6.07, 6.45) is 0.350. The maximum atomic E-state index is 8.66. The van der Waals surface area contributed by atoms with Crippen molar-refractivity contribution >= 4 is 11.8 Å². The molecule has 0 bridgehead atoms. The number of morpholine rings is 1. The zero-order chi connectivity index (χ0) is 10.4. The molecule has 1 atom stereocenters. The average Bonchev–Trinajstić information content (AvgIpc) is 2.19. The topological polar surface area (TPSA) is 32.7 Å². The molecular weight excluding hydrogens is 198 g/mol. The first-order valence-corrected chi connectivity index (χ1v) is 6.43. The van der Waals surface area contributed by atoms with E-state index in [4.69, 9.17) is 9.84 Å². The molecule has 0 aromatic heterocycles. The number of aliphatic hydroxyl groups is 1. The van der Waals surface area contributed by atoms with Crippen LogP contribution in [-0.4, -0.2) is 60.0 Å². The number of thioether (sulfide) groups is 1. The second-order valence-corrected chi connectivity index (χ2v) is 5.03. The lowest BCUT2D eigenvalue weighted by Crippen LogP contribution is -2.46. The van der Waals surface area contributed by atoms with E-state index in [1.807, 2.05) is 0 Å². The van der Waals surface area contributed by atoms with E-state index in [0.29, 0.717) is 12.1 Å². The van der Waals surface area contributed by atoms with E-state index < -0.39 is 0 Å². The second kappa shape index (κ2) is 6.67. The van der Waals surface area contributed by atoms with Crippen LogP contribution in [0, 0.1) is 0 Å². The third-order valence-corrected chi connectivity index (χ3v) is 3.52. The highest BCUT2D eigenvalue weighted by molar-refractivity contribution is 7.99. The molecule has 1 aliphatic heterocycles. The predicted octanol–water partition coefficient (Wildman–Crippen LogP) is 0.821. The number of aliphatic hydroxyl groups excluding tert-OH is 1. The minimum Gasteiger partial charge on any atom is -0.396 e. The summed E-state index contributed by atoms with van der Waals surface area (Å²) in [5.74, 6) is 1.82. The van der Waals surface area contributed by atoms with Crippen molar-refractivity contribution in [2.45, 2.75) is 26.0 Å². The Morgan fingerprint density at radius 2 is 2.36 bits per heavy atom. The Morgan fingerprint density at radius 1 is 1.57 bits per heavy atom. The van der Waals surface area contributed by atoms with Crippen LogP contribution >= 0.6 is 11.8 Å². The van der Waals surface area contributed by atoms with Crippen molar-refractivity contribution in [2.24, 2.45) is 0 Å². The minimum atomic E-state index is 0.269. The van der Waals surface area contributed by atoms with Gasteiger partial charge in [0, 0.05) is 30.6 Å². The van der Waals surface area contributed by atoms with Gasteiger partial charge < -0.3 is 9.84 Å². The van der Waals surface area contributed by atoms with Crippen LogP contribution in [0.4, 0.5) is 0 Å². The molecule has 0 saturated carbocycles. The lowest BCUT2D eigenvalue weighted by molar-refractivity contribution is -0.0265. The maximum absolute atomic E-state index is 8.66. The van der Waals surface area contributed by atoms with Gasteiger partial charge in [0.15, 0.2) is 0 Å². The monoisotopic (exact) mass is 219 g/mol. The second-order valence-electron chi connectivity index (χ2n) is 3.88. The molecule has 14 heavy (non-hydrogen) atoms. The van der Waals surface area contributed by atoms with Crippen LogP contribution in [-0.2, 0) is 4.74 Å². The molecule has 84 valence electrons. The molecule has 1 rings (SSSR count). The largest absolute Gasteiger partial charge is 0.396 e. The van der Waals surface area contributed by atoms with Gasteiger partial charge in [-0.05, 0) is 13.8 Å². The van der Waals surface area contributed by atoms with Gasteiger partial charge in [-0.2, -0.15) is 11.8 Å². The van der Waals surface area contributed by atoms with Crippen molar-refractivity contribution in [3.8, 4) is 0 Å². The van der Waals surface area contributed by atoms with Gasteiger partial charge in [0.1, 0.15) is 0 Å². The molecule has 0 aromatic carbocycles. The number of nitrogens with zero attached hydrogens (tertiary/aromatic N) is 1. The highest BCUT2D eigenvalue weighted by Crippen LogP contribution is 2.13. The van der Waals surface area contributed by atoms with Gasteiger partial charge in [0.05, 0.1) is 19.3 Å². The van der Waals surface area contributed by atoms with Crippen molar-refractivity contribution in [1.82, 2.24) is 4.90 Å². The molecule has 0 radical (unpaired) electrons. The Kier molecular flexibility index (Phi) is 5.86. The summed E-state index contributed by atoms with van der Waals surface area (Å²) in [5.41, 5.74) is 0. The van der Waals surface area contributed by atoms with Crippen LogP contribution in [0.15, 0.2) is 0 Å². The standard InChI is InChI=1S/C10H21NO2S/c1-9(2)11-3-5-13-10(7-11)8-14-6-4-12/h9-10,12H,3-8H2,1-2H3. The van der Waals surface area contributed by atoms with Crippen molar-refractivity contribution in [3.05, 3.63) is 0 Å². The molecule has 0 spiro atoms. The summed E-state index contributed by atoms with van der Waals surface area (Å²) in [5, 5.41) is 8.66. The van der Waals surface area contributed by atoms with Crippen LogP contribution < -0.4 is 0 Å². The molecule has 1 fully saturated rings. The summed E-state index contributed by atoms with van der Waals surface area (Å²) < 4.78 is 5.66. The van der Waals surface area contributed by atoms with E-state index in [9.17, 15) is 0 Å². The first-order valence-electron chi connectivity index (χ1n) is 5.28. The van der Waals surface area contributed by atoms with E-state index in [-0.39, 0.29) is 6.61 Å². The van der Waals surface area contributed by atoms with Crippen LogP contribution in [0.3, 0.4) is 0 Å².